The molecule has 0 radical (unpaired) electrons. The molecule has 0 aliphatic rings. The zero-order valence-corrected chi connectivity index (χ0v) is 15.3. The highest BCUT2D eigenvalue weighted by Gasteiger charge is 2.15. The molecule has 6 heteroatoms. The maximum atomic E-state index is 6.38. The van der Waals surface area contributed by atoms with Gasteiger partial charge < -0.3 is 5.32 Å². The summed E-state index contributed by atoms with van der Waals surface area (Å²) < 4.78 is 2.75. The standard InChI is InChI=1S/C15H20BrClN4/c1-9-13(16)10(2)21(20-9)14-12(17)6-11(7-18-14)8-19-15(3,4)5/h6-7,19H,8H2,1-5H3. The summed E-state index contributed by atoms with van der Waals surface area (Å²) in [6.45, 7) is 11.1. The SMILES string of the molecule is Cc1nn(-c2ncc(CNC(C)(C)C)cc2Cl)c(C)c1Br. The molecule has 0 atom stereocenters. The molecule has 4 nitrogen and oxygen atoms in total. The molecule has 2 aromatic heterocycles. The molecule has 2 heterocycles. The number of hydrogen-bond acceptors (Lipinski definition) is 3. The van der Waals surface area contributed by atoms with Gasteiger partial charge in [0.05, 0.1) is 20.9 Å². The molecule has 0 unspecified atom stereocenters. The lowest BCUT2D eigenvalue weighted by atomic mass is 10.1. The molecule has 2 rings (SSSR count). The second-order valence-corrected chi connectivity index (χ2v) is 7.35. The van der Waals surface area contributed by atoms with E-state index in [1.165, 1.54) is 0 Å². The fraction of sp³-hybridized carbons (Fsp3) is 0.467. The molecular formula is C15H20BrClN4. The van der Waals surface area contributed by atoms with Crippen LogP contribution in [0, 0.1) is 13.8 Å². The van der Waals surface area contributed by atoms with Gasteiger partial charge in [0.1, 0.15) is 0 Å². The summed E-state index contributed by atoms with van der Waals surface area (Å²) >= 11 is 9.90. The molecule has 0 aromatic carbocycles. The van der Waals surface area contributed by atoms with Crippen molar-refractivity contribution in [1.29, 1.82) is 0 Å². The Morgan fingerprint density at radius 3 is 2.48 bits per heavy atom. The molecule has 0 fully saturated rings. The van der Waals surface area contributed by atoms with E-state index in [9.17, 15) is 0 Å². The number of nitrogens with zero attached hydrogens (tertiary/aromatic N) is 3. The summed E-state index contributed by atoms with van der Waals surface area (Å²) in [6.07, 6.45) is 1.84. The summed E-state index contributed by atoms with van der Waals surface area (Å²) in [6, 6.07) is 1.94. The van der Waals surface area contributed by atoms with Crippen molar-refractivity contribution in [3.8, 4) is 5.82 Å². The van der Waals surface area contributed by atoms with Crippen LogP contribution in [0.3, 0.4) is 0 Å². The topological polar surface area (TPSA) is 42.7 Å². The molecule has 0 saturated carbocycles. The van der Waals surface area contributed by atoms with Gasteiger partial charge in [-0.15, -0.1) is 0 Å². The fourth-order valence-corrected chi connectivity index (χ4v) is 2.44. The Balaban J connectivity index is 2.29. The number of aromatic nitrogens is 3. The Bertz CT molecular complexity index is 658. The van der Waals surface area contributed by atoms with E-state index in [0.29, 0.717) is 10.8 Å². The lowest BCUT2D eigenvalue weighted by Crippen LogP contribution is -2.35. The minimum Gasteiger partial charge on any atom is -0.308 e. The van der Waals surface area contributed by atoms with Crippen molar-refractivity contribution >= 4 is 27.5 Å². The average molecular weight is 372 g/mol. The van der Waals surface area contributed by atoms with Gasteiger partial charge in [0, 0.05) is 18.3 Å². The minimum absolute atomic E-state index is 0.0612. The molecule has 0 saturated heterocycles. The molecule has 0 spiro atoms. The molecule has 0 bridgehead atoms. The van der Waals surface area contributed by atoms with Crippen molar-refractivity contribution in [2.75, 3.05) is 0 Å². The van der Waals surface area contributed by atoms with Crippen molar-refractivity contribution in [2.24, 2.45) is 0 Å². The summed E-state index contributed by atoms with van der Waals surface area (Å²) in [4.78, 5) is 4.47. The quantitative estimate of drug-likeness (QED) is 0.880. The lowest BCUT2D eigenvalue weighted by molar-refractivity contribution is 0.424. The van der Waals surface area contributed by atoms with Gasteiger partial charge in [-0.05, 0) is 62.2 Å². The van der Waals surface area contributed by atoms with E-state index in [-0.39, 0.29) is 5.54 Å². The fourth-order valence-electron chi connectivity index (χ4n) is 1.92. The molecule has 0 aliphatic heterocycles. The van der Waals surface area contributed by atoms with Gasteiger partial charge in [-0.25, -0.2) is 9.67 Å². The monoisotopic (exact) mass is 370 g/mol. The summed E-state index contributed by atoms with van der Waals surface area (Å²) in [5.74, 6) is 0.655. The highest BCUT2D eigenvalue weighted by molar-refractivity contribution is 9.10. The second kappa shape index (κ2) is 6.07. The smallest absolute Gasteiger partial charge is 0.172 e. The second-order valence-electron chi connectivity index (χ2n) is 6.15. The largest absolute Gasteiger partial charge is 0.308 e. The van der Waals surface area contributed by atoms with Crippen LogP contribution in [-0.4, -0.2) is 20.3 Å². The Morgan fingerprint density at radius 1 is 1.33 bits per heavy atom. The first-order valence-corrected chi connectivity index (χ1v) is 7.97. The van der Waals surface area contributed by atoms with Crippen LogP contribution in [0.25, 0.3) is 5.82 Å². The zero-order valence-electron chi connectivity index (χ0n) is 13.0. The molecule has 0 aliphatic carbocycles. The Morgan fingerprint density at radius 2 is 2.00 bits per heavy atom. The zero-order chi connectivity index (χ0) is 15.8. The van der Waals surface area contributed by atoms with Crippen molar-refractivity contribution in [2.45, 2.75) is 46.7 Å². The van der Waals surface area contributed by atoms with Crippen LogP contribution in [0.5, 0.6) is 0 Å². The average Bonchev–Trinajstić information content (AvgIpc) is 2.63. The van der Waals surface area contributed by atoms with Crippen molar-refractivity contribution in [3.05, 3.63) is 38.7 Å². The van der Waals surface area contributed by atoms with Gasteiger partial charge in [0.2, 0.25) is 0 Å². The van der Waals surface area contributed by atoms with E-state index >= 15 is 0 Å². The van der Waals surface area contributed by atoms with Gasteiger partial charge in [-0.1, -0.05) is 11.6 Å². The lowest BCUT2D eigenvalue weighted by Gasteiger charge is -2.20. The summed E-state index contributed by atoms with van der Waals surface area (Å²) in [7, 11) is 0. The third-order valence-corrected chi connectivity index (χ3v) is 4.53. The van der Waals surface area contributed by atoms with Crippen LogP contribution in [0.1, 0.15) is 37.7 Å². The molecule has 1 N–H and O–H groups in total. The Labute approximate surface area is 139 Å². The maximum Gasteiger partial charge on any atom is 0.172 e. The van der Waals surface area contributed by atoms with Crippen molar-refractivity contribution in [1.82, 2.24) is 20.1 Å². The molecular weight excluding hydrogens is 352 g/mol. The summed E-state index contributed by atoms with van der Waals surface area (Å²) in [5.41, 5.74) is 3.02. The van der Waals surface area contributed by atoms with Crippen LogP contribution in [0.15, 0.2) is 16.7 Å². The van der Waals surface area contributed by atoms with Gasteiger partial charge in [0.25, 0.3) is 0 Å². The molecule has 21 heavy (non-hydrogen) atoms. The normalized spacial score (nSPS) is 12.0. The number of nitrogens with one attached hydrogen (secondary N) is 1. The highest BCUT2D eigenvalue weighted by atomic mass is 79.9. The number of hydrogen-bond donors (Lipinski definition) is 1. The number of halogens is 2. The maximum absolute atomic E-state index is 6.38. The summed E-state index contributed by atoms with van der Waals surface area (Å²) in [5, 5.41) is 8.48. The third-order valence-electron chi connectivity index (χ3n) is 3.10. The Kier molecular flexibility index (Phi) is 4.76. The first-order valence-electron chi connectivity index (χ1n) is 6.80. The van der Waals surface area contributed by atoms with Crippen molar-refractivity contribution in [3.63, 3.8) is 0 Å². The van der Waals surface area contributed by atoms with E-state index in [2.05, 4.69) is 52.1 Å². The van der Waals surface area contributed by atoms with Crippen LogP contribution >= 0.6 is 27.5 Å². The minimum atomic E-state index is 0.0612. The molecule has 2 aromatic rings. The highest BCUT2D eigenvalue weighted by Crippen LogP contribution is 2.26. The van der Waals surface area contributed by atoms with Gasteiger partial charge in [-0.3, -0.25) is 0 Å². The van der Waals surface area contributed by atoms with Crippen LogP contribution < -0.4 is 5.32 Å². The van der Waals surface area contributed by atoms with Crippen LogP contribution in [0.4, 0.5) is 0 Å². The van der Waals surface area contributed by atoms with E-state index in [4.69, 9.17) is 11.6 Å². The van der Waals surface area contributed by atoms with E-state index in [0.717, 1.165) is 28.0 Å². The molecule has 0 amide bonds. The van der Waals surface area contributed by atoms with Crippen LogP contribution in [-0.2, 0) is 6.54 Å². The predicted molar refractivity (Wildman–Crippen MR) is 90.1 cm³/mol. The molecule has 114 valence electrons. The van der Waals surface area contributed by atoms with Crippen molar-refractivity contribution < 1.29 is 0 Å². The first-order chi connectivity index (χ1) is 9.69. The van der Waals surface area contributed by atoms with E-state index in [1.54, 1.807) is 4.68 Å². The van der Waals surface area contributed by atoms with Gasteiger partial charge in [0.15, 0.2) is 5.82 Å². The first kappa shape index (κ1) is 16.5. The van der Waals surface area contributed by atoms with Crippen LogP contribution in [0.2, 0.25) is 5.02 Å². The number of pyridine rings is 1. The van der Waals surface area contributed by atoms with Gasteiger partial charge >= 0.3 is 0 Å². The number of aryl methyl sites for hydroxylation is 1. The predicted octanol–water partition coefficient (Wildman–Crippen LogP) is 4.19. The third kappa shape index (κ3) is 3.84. The van der Waals surface area contributed by atoms with E-state index < -0.39 is 0 Å². The van der Waals surface area contributed by atoms with E-state index in [1.807, 2.05) is 26.1 Å². The number of rotatable bonds is 3. The van der Waals surface area contributed by atoms with Gasteiger partial charge in [-0.2, -0.15) is 5.10 Å². The Hall–Kier alpha value is -0.910.